The lowest BCUT2D eigenvalue weighted by Crippen LogP contribution is -2.28. The molecule has 140 valence electrons. The van der Waals surface area contributed by atoms with E-state index in [4.69, 9.17) is 11.6 Å². The molecule has 0 saturated heterocycles. The molecule has 3 aromatic rings. The van der Waals surface area contributed by atoms with Crippen molar-refractivity contribution in [3.8, 4) is 0 Å². The highest BCUT2D eigenvalue weighted by Crippen LogP contribution is 2.32. The molecule has 1 heterocycles. The lowest BCUT2D eigenvalue weighted by molar-refractivity contribution is 0.0987. The average Bonchev–Trinajstić information content (AvgIpc) is 3.11. The Labute approximate surface area is 166 Å². The Balaban J connectivity index is 1.56. The highest BCUT2D eigenvalue weighted by atomic mass is 35.5. The molecule has 0 radical (unpaired) electrons. The van der Waals surface area contributed by atoms with Gasteiger partial charge >= 0.3 is 0 Å². The number of hydrogen-bond acceptors (Lipinski definition) is 2. The first-order valence-corrected chi connectivity index (χ1v) is 9.17. The van der Waals surface area contributed by atoms with Crippen molar-refractivity contribution < 1.29 is 14.0 Å². The van der Waals surface area contributed by atoms with Crippen molar-refractivity contribution in [3.05, 3.63) is 94.3 Å². The van der Waals surface area contributed by atoms with Crippen molar-refractivity contribution >= 4 is 34.8 Å². The minimum absolute atomic E-state index is 0.0540. The van der Waals surface area contributed by atoms with Gasteiger partial charge in [0.15, 0.2) is 0 Å². The molecule has 3 aromatic carbocycles. The van der Waals surface area contributed by atoms with Crippen LogP contribution in [0.2, 0.25) is 5.02 Å². The van der Waals surface area contributed by atoms with E-state index in [1.54, 1.807) is 35.2 Å². The smallest absolute Gasteiger partial charge is 0.260 e. The van der Waals surface area contributed by atoms with Crippen molar-refractivity contribution in [2.45, 2.75) is 6.42 Å². The van der Waals surface area contributed by atoms with Crippen LogP contribution < -0.4 is 10.2 Å². The summed E-state index contributed by atoms with van der Waals surface area (Å²) in [5.74, 6) is -1.35. The summed E-state index contributed by atoms with van der Waals surface area (Å²) in [6.45, 7) is 0.569. The minimum atomic E-state index is -0.675. The Morgan fingerprint density at radius 1 is 1.00 bits per heavy atom. The molecular formula is C22H16ClFN2O2. The molecule has 0 aromatic heterocycles. The summed E-state index contributed by atoms with van der Waals surface area (Å²) in [4.78, 5) is 26.9. The summed E-state index contributed by atoms with van der Waals surface area (Å²) >= 11 is 5.95. The van der Waals surface area contributed by atoms with Crippen molar-refractivity contribution in [1.82, 2.24) is 0 Å². The lowest BCUT2D eigenvalue weighted by atomic mass is 10.1. The van der Waals surface area contributed by atoms with E-state index >= 15 is 0 Å². The Hall–Kier alpha value is -3.18. The zero-order valence-electron chi connectivity index (χ0n) is 14.8. The molecule has 1 aliphatic heterocycles. The Morgan fingerprint density at radius 2 is 1.79 bits per heavy atom. The third-order valence-corrected chi connectivity index (χ3v) is 5.00. The fourth-order valence-electron chi connectivity index (χ4n) is 3.34. The Bertz CT molecular complexity index is 1050. The largest absolute Gasteiger partial charge is 0.322 e. The summed E-state index contributed by atoms with van der Waals surface area (Å²) in [5, 5.41) is 2.73. The van der Waals surface area contributed by atoms with E-state index in [1.165, 1.54) is 18.2 Å². The average molecular weight is 395 g/mol. The highest BCUT2D eigenvalue weighted by Gasteiger charge is 2.26. The van der Waals surface area contributed by atoms with Gasteiger partial charge in [0, 0.05) is 23.5 Å². The van der Waals surface area contributed by atoms with Gasteiger partial charge in [-0.3, -0.25) is 9.59 Å². The van der Waals surface area contributed by atoms with Crippen LogP contribution in [0.1, 0.15) is 26.3 Å². The molecule has 4 nitrogen and oxygen atoms in total. The summed E-state index contributed by atoms with van der Waals surface area (Å²) in [5.41, 5.74) is 2.72. The maximum atomic E-state index is 13.9. The van der Waals surface area contributed by atoms with Crippen LogP contribution in [0.15, 0.2) is 66.7 Å². The van der Waals surface area contributed by atoms with Crippen LogP contribution in [-0.2, 0) is 6.42 Å². The minimum Gasteiger partial charge on any atom is -0.322 e. The van der Waals surface area contributed by atoms with Gasteiger partial charge in [0.25, 0.3) is 11.8 Å². The van der Waals surface area contributed by atoms with E-state index in [9.17, 15) is 14.0 Å². The van der Waals surface area contributed by atoms with Crippen LogP contribution in [0.4, 0.5) is 15.8 Å². The molecule has 1 N–H and O–H groups in total. The van der Waals surface area contributed by atoms with Crippen LogP contribution in [0.25, 0.3) is 0 Å². The van der Waals surface area contributed by atoms with Gasteiger partial charge in [-0.25, -0.2) is 4.39 Å². The van der Waals surface area contributed by atoms with Gasteiger partial charge in [0.05, 0.1) is 10.6 Å². The predicted molar refractivity (Wildman–Crippen MR) is 108 cm³/mol. The molecule has 0 saturated carbocycles. The van der Waals surface area contributed by atoms with Crippen LogP contribution in [0.3, 0.4) is 0 Å². The van der Waals surface area contributed by atoms with E-state index in [0.717, 1.165) is 11.3 Å². The first kappa shape index (κ1) is 18.2. The Kier molecular flexibility index (Phi) is 4.84. The van der Waals surface area contributed by atoms with Gasteiger partial charge in [-0.1, -0.05) is 35.9 Å². The summed E-state index contributed by atoms with van der Waals surface area (Å²) in [7, 11) is 0. The number of fused-ring (bicyclic) bond motifs is 1. The number of nitrogens with one attached hydrogen (secondary N) is 1. The van der Waals surface area contributed by atoms with E-state index in [-0.39, 0.29) is 16.5 Å². The molecule has 1 aliphatic rings. The number of hydrogen-bond donors (Lipinski definition) is 1. The third-order valence-electron chi connectivity index (χ3n) is 4.69. The summed E-state index contributed by atoms with van der Waals surface area (Å²) in [6, 6.07) is 18.5. The fourth-order valence-corrected chi connectivity index (χ4v) is 3.58. The van der Waals surface area contributed by atoms with Crippen LogP contribution in [0, 0.1) is 5.82 Å². The van der Waals surface area contributed by atoms with Crippen molar-refractivity contribution in [3.63, 3.8) is 0 Å². The topological polar surface area (TPSA) is 49.4 Å². The molecule has 0 aliphatic carbocycles. The van der Waals surface area contributed by atoms with Crippen molar-refractivity contribution in [1.29, 1.82) is 0 Å². The van der Waals surface area contributed by atoms with E-state index in [2.05, 4.69) is 5.32 Å². The quantitative estimate of drug-likeness (QED) is 0.684. The van der Waals surface area contributed by atoms with Crippen LogP contribution >= 0.6 is 11.6 Å². The monoisotopic (exact) mass is 394 g/mol. The second kappa shape index (κ2) is 7.44. The molecule has 6 heteroatoms. The third kappa shape index (κ3) is 3.37. The number of amides is 2. The van der Waals surface area contributed by atoms with Gasteiger partial charge in [-0.05, 0) is 54.4 Å². The molecular weight excluding hydrogens is 379 g/mol. The van der Waals surface area contributed by atoms with Gasteiger partial charge in [-0.15, -0.1) is 0 Å². The summed E-state index contributed by atoms with van der Waals surface area (Å²) < 4.78 is 13.9. The fraction of sp³-hybridized carbons (Fsp3) is 0.0909. The van der Waals surface area contributed by atoms with Gasteiger partial charge in [0.2, 0.25) is 0 Å². The standard InChI is InChI=1S/C22H16ClFN2O2/c23-17-7-4-8-18(24)20(17)21(27)25-16-9-10-19-15(13-16)11-12-26(19)22(28)14-5-2-1-3-6-14/h1-10,13H,11-12H2,(H,25,27). The highest BCUT2D eigenvalue weighted by molar-refractivity contribution is 6.34. The second-order valence-corrected chi connectivity index (χ2v) is 6.87. The first-order valence-electron chi connectivity index (χ1n) is 8.80. The summed E-state index contributed by atoms with van der Waals surface area (Å²) in [6.07, 6.45) is 0.679. The first-order chi connectivity index (χ1) is 13.5. The number of rotatable bonds is 3. The number of nitrogens with zero attached hydrogens (tertiary/aromatic N) is 1. The molecule has 0 spiro atoms. The molecule has 0 fully saturated rings. The number of carbonyl (C=O) groups excluding carboxylic acids is 2. The van der Waals surface area contributed by atoms with E-state index in [1.807, 2.05) is 18.2 Å². The van der Waals surface area contributed by atoms with E-state index < -0.39 is 11.7 Å². The van der Waals surface area contributed by atoms with Crippen molar-refractivity contribution in [2.75, 3.05) is 16.8 Å². The normalized spacial score (nSPS) is 12.6. The SMILES string of the molecule is O=C(Nc1ccc2c(c1)CCN2C(=O)c1ccccc1)c1c(F)cccc1Cl. The zero-order valence-corrected chi connectivity index (χ0v) is 15.5. The number of benzene rings is 3. The molecule has 4 rings (SSSR count). The number of halogens is 2. The van der Waals surface area contributed by atoms with Crippen LogP contribution in [-0.4, -0.2) is 18.4 Å². The maximum absolute atomic E-state index is 13.9. The molecule has 0 unspecified atom stereocenters. The molecule has 2 amide bonds. The van der Waals surface area contributed by atoms with Gasteiger partial charge < -0.3 is 10.2 Å². The maximum Gasteiger partial charge on any atom is 0.260 e. The molecule has 0 atom stereocenters. The van der Waals surface area contributed by atoms with Gasteiger partial charge in [-0.2, -0.15) is 0 Å². The lowest BCUT2D eigenvalue weighted by Gasteiger charge is -2.18. The number of anilines is 2. The Morgan fingerprint density at radius 3 is 2.54 bits per heavy atom. The van der Waals surface area contributed by atoms with Crippen LogP contribution in [0.5, 0.6) is 0 Å². The number of carbonyl (C=O) groups is 2. The molecule has 0 bridgehead atoms. The molecule has 28 heavy (non-hydrogen) atoms. The second-order valence-electron chi connectivity index (χ2n) is 6.47. The predicted octanol–water partition coefficient (Wildman–Crippen LogP) is 4.93. The van der Waals surface area contributed by atoms with E-state index in [0.29, 0.717) is 24.2 Å². The zero-order chi connectivity index (χ0) is 19.7. The van der Waals surface area contributed by atoms with Crippen molar-refractivity contribution in [2.24, 2.45) is 0 Å². The van der Waals surface area contributed by atoms with Gasteiger partial charge in [0.1, 0.15) is 5.82 Å².